The summed E-state index contributed by atoms with van der Waals surface area (Å²) < 4.78 is 25.4. The highest BCUT2D eigenvalue weighted by molar-refractivity contribution is 7.93. The first kappa shape index (κ1) is 18.9. The van der Waals surface area contributed by atoms with E-state index in [4.69, 9.17) is 0 Å². The van der Waals surface area contributed by atoms with Gasteiger partial charge in [0.25, 0.3) is 0 Å². The average Bonchev–Trinajstić information content (AvgIpc) is 2.93. The summed E-state index contributed by atoms with van der Waals surface area (Å²) in [5.41, 5.74) is 3.33. The smallest absolute Gasteiger partial charge is 0.314 e. The molecule has 142 valence electrons. The lowest BCUT2D eigenvalue weighted by Crippen LogP contribution is -2.29. The topological polar surface area (TPSA) is 95.6 Å². The van der Waals surface area contributed by atoms with E-state index in [-0.39, 0.29) is 5.75 Å². The van der Waals surface area contributed by atoms with Gasteiger partial charge in [0.05, 0.1) is 11.4 Å². The molecule has 0 unspecified atom stereocenters. The molecule has 8 heteroatoms. The molecular formula is C19H21N3O4S. The predicted molar refractivity (Wildman–Crippen MR) is 105 cm³/mol. The molecule has 7 nitrogen and oxygen atoms in total. The summed E-state index contributed by atoms with van der Waals surface area (Å²) in [5.74, 6) is -1.50. The van der Waals surface area contributed by atoms with E-state index in [2.05, 4.69) is 10.6 Å². The minimum atomic E-state index is -3.31. The SMILES string of the molecule is Cc1cc(C)cc(NC(=O)C(=O)Nc2cccc(N3CCCS3(=O)=O)c2)c1. The molecule has 0 radical (unpaired) electrons. The second kappa shape index (κ2) is 7.40. The summed E-state index contributed by atoms with van der Waals surface area (Å²) >= 11 is 0. The largest absolute Gasteiger partial charge is 0.318 e. The summed E-state index contributed by atoms with van der Waals surface area (Å²) in [6.07, 6.45) is 0.567. The summed E-state index contributed by atoms with van der Waals surface area (Å²) in [7, 11) is -3.31. The number of nitrogens with zero attached hydrogens (tertiary/aromatic N) is 1. The molecule has 0 spiro atoms. The molecule has 1 fully saturated rings. The molecule has 3 rings (SSSR count). The van der Waals surface area contributed by atoms with Crippen molar-refractivity contribution in [1.82, 2.24) is 0 Å². The first-order chi connectivity index (χ1) is 12.7. The molecule has 0 saturated carbocycles. The van der Waals surface area contributed by atoms with Crippen molar-refractivity contribution >= 4 is 38.9 Å². The Morgan fingerprint density at radius 2 is 1.56 bits per heavy atom. The highest BCUT2D eigenvalue weighted by Gasteiger charge is 2.28. The second-order valence-electron chi connectivity index (χ2n) is 6.58. The Morgan fingerprint density at radius 1 is 0.926 bits per heavy atom. The van der Waals surface area contributed by atoms with E-state index in [1.165, 1.54) is 4.31 Å². The number of benzene rings is 2. The van der Waals surface area contributed by atoms with Gasteiger partial charge in [-0.3, -0.25) is 13.9 Å². The van der Waals surface area contributed by atoms with Crippen LogP contribution in [-0.2, 0) is 19.6 Å². The summed E-state index contributed by atoms with van der Waals surface area (Å²) in [6.45, 7) is 4.22. The van der Waals surface area contributed by atoms with Crippen LogP contribution in [-0.4, -0.2) is 32.5 Å². The molecule has 2 aromatic rings. The standard InChI is InChI=1S/C19H21N3O4S/c1-13-9-14(2)11-16(10-13)21-19(24)18(23)20-15-5-3-6-17(12-15)22-7-4-8-27(22,25)26/h3,5-6,9-12H,4,7-8H2,1-2H3,(H,20,23)(H,21,24). The molecule has 2 amide bonds. The minimum Gasteiger partial charge on any atom is -0.318 e. The maximum atomic E-state index is 12.2. The molecule has 0 aromatic heterocycles. The van der Waals surface area contributed by atoms with Crippen molar-refractivity contribution in [3.8, 4) is 0 Å². The van der Waals surface area contributed by atoms with E-state index in [0.717, 1.165) is 11.1 Å². The monoisotopic (exact) mass is 387 g/mol. The van der Waals surface area contributed by atoms with Gasteiger partial charge in [-0.05, 0) is 61.7 Å². The Morgan fingerprint density at radius 3 is 2.15 bits per heavy atom. The van der Waals surface area contributed by atoms with Crippen LogP contribution in [0.3, 0.4) is 0 Å². The van der Waals surface area contributed by atoms with Gasteiger partial charge in [0.1, 0.15) is 0 Å². The van der Waals surface area contributed by atoms with Crippen molar-refractivity contribution in [3.63, 3.8) is 0 Å². The fourth-order valence-electron chi connectivity index (χ4n) is 3.09. The maximum Gasteiger partial charge on any atom is 0.314 e. The number of carbonyl (C=O) groups is 2. The van der Waals surface area contributed by atoms with Crippen LogP contribution in [0.25, 0.3) is 0 Å². The zero-order chi connectivity index (χ0) is 19.6. The highest BCUT2D eigenvalue weighted by atomic mass is 32.2. The van der Waals surface area contributed by atoms with Gasteiger partial charge in [0, 0.05) is 17.9 Å². The molecule has 27 heavy (non-hydrogen) atoms. The molecule has 1 aliphatic heterocycles. The van der Waals surface area contributed by atoms with E-state index in [1.54, 1.807) is 36.4 Å². The summed E-state index contributed by atoms with van der Waals surface area (Å²) in [4.78, 5) is 24.3. The third-order valence-electron chi connectivity index (χ3n) is 4.18. The van der Waals surface area contributed by atoms with Crippen LogP contribution in [0.1, 0.15) is 17.5 Å². The highest BCUT2D eigenvalue weighted by Crippen LogP contribution is 2.26. The molecule has 1 aliphatic rings. The van der Waals surface area contributed by atoms with Crippen LogP contribution >= 0.6 is 0 Å². The van der Waals surface area contributed by atoms with Crippen LogP contribution in [0.4, 0.5) is 17.1 Å². The Bertz CT molecular complexity index is 982. The number of hydrogen-bond donors (Lipinski definition) is 2. The van der Waals surface area contributed by atoms with E-state index >= 15 is 0 Å². The van der Waals surface area contributed by atoms with Crippen LogP contribution in [0.2, 0.25) is 0 Å². The van der Waals surface area contributed by atoms with Gasteiger partial charge < -0.3 is 10.6 Å². The average molecular weight is 387 g/mol. The molecule has 1 heterocycles. The predicted octanol–water partition coefficient (Wildman–Crippen LogP) is 2.42. The zero-order valence-electron chi connectivity index (χ0n) is 15.2. The van der Waals surface area contributed by atoms with Crippen molar-refractivity contribution < 1.29 is 18.0 Å². The number of nitrogens with one attached hydrogen (secondary N) is 2. The van der Waals surface area contributed by atoms with E-state index in [0.29, 0.717) is 30.0 Å². The van der Waals surface area contributed by atoms with Crippen molar-refractivity contribution in [3.05, 3.63) is 53.6 Å². The molecule has 2 aromatic carbocycles. The fraction of sp³-hybridized carbons (Fsp3) is 0.263. The molecule has 2 N–H and O–H groups in total. The zero-order valence-corrected chi connectivity index (χ0v) is 16.0. The lowest BCUT2D eigenvalue weighted by atomic mass is 10.1. The molecule has 1 saturated heterocycles. The fourth-order valence-corrected chi connectivity index (χ4v) is 4.65. The molecule has 0 atom stereocenters. The van der Waals surface area contributed by atoms with Crippen LogP contribution < -0.4 is 14.9 Å². The van der Waals surface area contributed by atoms with Gasteiger partial charge in [0.15, 0.2) is 0 Å². The third-order valence-corrected chi connectivity index (χ3v) is 6.05. The van der Waals surface area contributed by atoms with Gasteiger partial charge >= 0.3 is 11.8 Å². The maximum absolute atomic E-state index is 12.2. The molecular weight excluding hydrogens is 366 g/mol. The van der Waals surface area contributed by atoms with Gasteiger partial charge in [-0.15, -0.1) is 0 Å². The van der Waals surface area contributed by atoms with E-state index < -0.39 is 21.8 Å². The number of carbonyl (C=O) groups excluding carboxylic acids is 2. The number of anilines is 3. The van der Waals surface area contributed by atoms with Gasteiger partial charge in [-0.25, -0.2) is 8.42 Å². The molecule has 0 aliphatic carbocycles. The summed E-state index contributed by atoms with van der Waals surface area (Å²) in [5, 5.41) is 5.08. The lowest BCUT2D eigenvalue weighted by Gasteiger charge is -2.17. The first-order valence-corrected chi connectivity index (χ1v) is 10.2. The second-order valence-corrected chi connectivity index (χ2v) is 8.59. The quantitative estimate of drug-likeness (QED) is 0.791. The number of sulfonamides is 1. The van der Waals surface area contributed by atoms with Crippen LogP contribution in [0.15, 0.2) is 42.5 Å². The minimum absolute atomic E-state index is 0.113. The number of aryl methyl sites for hydroxylation is 2. The van der Waals surface area contributed by atoms with Crippen molar-refractivity contribution in [2.45, 2.75) is 20.3 Å². The Labute approximate surface area is 158 Å². The van der Waals surface area contributed by atoms with Crippen molar-refractivity contribution in [1.29, 1.82) is 0 Å². The Hall–Kier alpha value is -2.87. The van der Waals surface area contributed by atoms with E-state index in [1.807, 2.05) is 19.9 Å². The van der Waals surface area contributed by atoms with Gasteiger partial charge in [0.2, 0.25) is 10.0 Å². The number of hydrogen-bond acceptors (Lipinski definition) is 4. The van der Waals surface area contributed by atoms with Crippen LogP contribution in [0.5, 0.6) is 0 Å². The third kappa shape index (κ3) is 4.46. The number of rotatable bonds is 3. The Kier molecular flexibility index (Phi) is 5.18. The lowest BCUT2D eigenvalue weighted by molar-refractivity contribution is -0.132. The van der Waals surface area contributed by atoms with Crippen molar-refractivity contribution in [2.24, 2.45) is 0 Å². The van der Waals surface area contributed by atoms with Crippen LogP contribution in [0, 0.1) is 13.8 Å². The Balaban J connectivity index is 1.70. The summed E-state index contributed by atoms with van der Waals surface area (Å²) in [6, 6.07) is 12.0. The van der Waals surface area contributed by atoms with E-state index in [9.17, 15) is 18.0 Å². The number of amides is 2. The van der Waals surface area contributed by atoms with Crippen molar-refractivity contribution in [2.75, 3.05) is 27.2 Å². The van der Waals surface area contributed by atoms with Gasteiger partial charge in [-0.2, -0.15) is 0 Å². The normalized spacial score (nSPS) is 15.4. The first-order valence-electron chi connectivity index (χ1n) is 8.56. The molecule has 0 bridgehead atoms. The van der Waals surface area contributed by atoms with Gasteiger partial charge in [-0.1, -0.05) is 12.1 Å².